The highest BCUT2D eigenvalue weighted by atomic mass is 16.5. The Balaban J connectivity index is 1.84. The highest BCUT2D eigenvalue weighted by Gasteiger charge is 2.17. The number of aromatic nitrogens is 2. The average molecular weight is 326 g/mol. The van der Waals surface area contributed by atoms with E-state index in [2.05, 4.69) is 15.3 Å². The van der Waals surface area contributed by atoms with Crippen molar-refractivity contribution < 1.29 is 9.53 Å². The lowest BCUT2D eigenvalue weighted by Crippen LogP contribution is -2.37. The largest absolute Gasteiger partial charge is 0.378 e. The van der Waals surface area contributed by atoms with Gasteiger partial charge in [0.05, 0.1) is 13.2 Å². The van der Waals surface area contributed by atoms with Crippen LogP contribution in [-0.2, 0) is 4.74 Å². The predicted molar refractivity (Wildman–Crippen MR) is 93.7 cm³/mol. The third-order valence-electron chi connectivity index (χ3n) is 4.01. The fourth-order valence-electron chi connectivity index (χ4n) is 2.63. The number of carbonyl (C=O) groups is 1. The molecule has 3 rings (SSSR count). The van der Waals surface area contributed by atoms with Gasteiger partial charge in [-0.2, -0.15) is 0 Å². The van der Waals surface area contributed by atoms with Crippen LogP contribution in [-0.4, -0.2) is 42.2 Å². The van der Waals surface area contributed by atoms with Gasteiger partial charge in [-0.3, -0.25) is 4.79 Å². The van der Waals surface area contributed by atoms with Gasteiger partial charge < -0.3 is 15.0 Å². The number of benzene rings is 1. The molecule has 0 saturated carbocycles. The van der Waals surface area contributed by atoms with E-state index in [9.17, 15) is 4.79 Å². The molecule has 1 aromatic heterocycles. The molecular weight excluding hydrogens is 304 g/mol. The molecule has 1 aromatic carbocycles. The number of amides is 1. The minimum absolute atomic E-state index is 0.219. The molecule has 0 radical (unpaired) electrons. The molecule has 1 aliphatic heterocycles. The Kier molecular flexibility index (Phi) is 4.76. The molecule has 0 aliphatic carbocycles. The average Bonchev–Trinajstić information content (AvgIpc) is 2.58. The van der Waals surface area contributed by atoms with Crippen LogP contribution in [0.25, 0.3) is 0 Å². The highest BCUT2D eigenvalue weighted by Crippen LogP contribution is 2.18. The van der Waals surface area contributed by atoms with Crippen LogP contribution in [0.3, 0.4) is 0 Å². The Hall–Kier alpha value is -2.47. The molecule has 126 valence electrons. The fourth-order valence-corrected chi connectivity index (χ4v) is 2.63. The smallest absolute Gasteiger partial charge is 0.274 e. The Bertz CT molecular complexity index is 755. The van der Waals surface area contributed by atoms with Crippen LogP contribution < -0.4 is 10.2 Å². The molecule has 24 heavy (non-hydrogen) atoms. The van der Waals surface area contributed by atoms with E-state index in [4.69, 9.17) is 4.74 Å². The summed E-state index contributed by atoms with van der Waals surface area (Å²) in [7, 11) is 0. The van der Waals surface area contributed by atoms with E-state index >= 15 is 0 Å². The lowest BCUT2D eigenvalue weighted by molar-refractivity contribution is 0.102. The van der Waals surface area contributed by atoms with Gasteiger partial charge in [-0.1, -0.05) is 12.1 Å². The van der Waals surface area contributed by atoms with E-state index in [1.807, 2.05) is 43.9 Å². The van der Waals surface area contributed by atoms with Gasteiger partial charge in [0.2, 0.25) is 5.95 Å². The van der Waals surface area contributed by atoms with Gasteiger partial charge in [-0.05, 0) is 44.0 Å². The summed E-state index contributed by atoms with van der Waals surface area (Å²) < 4.78 is 5.36. The molecule has 2 heterocycles. The maximum atomic E-state index is 12.6. The maximum Gasteiger partial charge on any atom is 0.274 e. The topological polar surface area (TPSA) is 67.4 Å². The second-order valence-electron chi connectivity index (χ2n) is 6.07. The molecule has 6 nitrogen and oxygen atoms in total. The molecule has 0 unspecified atom stereocenters. The molecule has 6 heteroatoms. The Morgan fingerprint density at radius 3 is 2.62 bits per heavy atom. The minimum atomic E-state index is -0.219. The van der Waals surface area contributed by atoms with Gasteiger partial charge in [0, 0.05) is 24.5 Å². The fraction of sp³-hybridized carbons (Fsp3) is 0.389. The van der Waals surface area contributed by atoms with Crippen molar-refractivity contribution in [1.29, 1.82) is 0 Å². The zero-order valence-electron chi connectivity index (χ0n) is 14.3. The van der Waals surface area contributed by atoms with Gasteiger partial charge in [0.15, 0.2) is 0 Å². The van der Waals surface area contributed by atoms with Crippen LogP contribution in [0.2, 0.25) is 0 Å². The number of anilines is 2. The first kappa shape index (κ1) is 16.4. The van der Waals surface area contributed by atoms with E-state index < -0.39 is 0 Å². The van der Waals surface area contributed by atoms with Crippen molar-refractivity contribution in [3.05, 3.63) is 46.8 Å². The van der Waals surface area contributed by atoms with Gasteiger partial charge in [-0.25, -0.2) is 9.97 Å². The predicted octanol–water partition coefficient (Wildman–Crippen LogP) is 2.49. The van der Waals surface area contributed by atoms with Crippen LogP contribution in [0.5, 0.6) is 0 Å². The summed E-state index contributed by atoms with van der Waals surface area (Å²) >= 11 is 0. The van der Waals surface area contributed by atoms with Crippen LogP contribution in [0.15, 0.2) is 24.3 Å². The number of ether oxygens (including phenoxy) is 1. The van der Waals surface area contributed by atoms with Crippen LogP contribution in [0.1, 0.15) is 27.3 Å². The zero-order chi connectivity index (χ0) is 17.1. The summed E-state index contributed by atoms with van der Waals surface area (Å²) in [6.07, 6.45) is 0. The first-order chi connectivity index (χ1) is 11.5. The lowest BCUT2D eigenvalue weighted by Gasteiger charge is -2.27. The number of nitrogens with one attached hydrogen (secondary N) is 1. The van der Waals surface area contributed by atoms with Gasteiger partial charge in [-0.15, -0.1) is 0 Å². The van der Waals surface area contributed by atoms with Crippen molar-refractivity contribution in [2.75, 3.05) is 36.5 Å². The zero-order valence-corrected chi connectivity index (χ0v) is 14.3. The molecule has 0 bridgehead atoms. The normalized spacial score (nSPS) is 14.5. The highest BCUT2D eigenvalue weighted by molar-refractivity contribution is 6.03. The van der Waals surface area contributed by atoms with Gasteiger partial charge in [0.25, 0.3) is 5.91 Å². The minimum Gasteiger partial charge on any atom is -0.378 e. The number of morpholine rings is 1. The molecule has 1 amide bonds. The van der Waals surface area contributed by atoms with Crippen LogP contribution >= 0.6 is 0 Å². The number of carbonyl (C=O) groups excluding carboxylic acids is 1. The van der Waals surface area contributed by atoms with E-state index in [1.165, 1.54) is 0 Å². The third kappa shape index (κ3) is 3.71. The molecule has 1 aliphatic rings. The quantitative estimate of drug-likeness (QED) is 0.938. The van der Waals surface area contributed by atoms with Crippen molar-refractivity contribution in [2.24, 2.45) is 0 Å². The van der Waals surface area contributed by atoms with Crippen molar-refractivity contribution in [3.8, 4) is 0 Å². The van der Waals surface area contributed by atoms with E-state index in [1.54, 1.807) is 6.07 Å². The van der Waals surface area contributed by atoms with E-state index in [0.29, 0.717) is 24.9 Å². The standard InChI is InChI=1S/C18H22N4O2/c1-12-4-5-13(2)15(10-12)20-17(23)16-11-14(3)19-18(21-16)22-6-8-24-9-7-22/h4-5,10-11H,6-9H2,1-3H3,(H,20,23). The Morgan fingerprint density at radius 1 is 1.12 bits per heavy atom. The second kappa shape index (κ2) is 6.97. The van der Waals surface area contributed by atoms with Gasteiger partial charge in [0.1, 0.15) is 5.69 Å². The van der Waals surface area contributed by atoms with Crippen LogP contribution in [0, 0.1) is 20.8 Å². The number of aryl methyl sites for hydroxylation is 3. The summed E-state index contributed by atoms with van der Waals surface area (Å²) in [6, 6.07) is 7.69. The first-order valence-corrected chi connectivity index (χ1v) is 8.10. The van der Waals surface area contributed by atoms with Crippen molar-refractivity contribution in [3.63, 3.8) is 0 Å². The van der Waals surface area contributed by atoms with E-state index in [-0.39, 0.29) is 5.91 Å². The summed E-state index contributed by atoms with van der Waals surface area (Å²) in [4.78, 5) is 23.6. The van der Waals surface area contributed by atoms with Crippen molar-refractivity contribution in [1.82, 2.24) is 9.97 Å². The SMILES string of the molecule is Cc1ccc(C)c(NC(=O)c2cc(C)nc(N3CCOCC3)n2)c1. The molecule has 1 saturated heterocycles. The van der Waals surface area contributed by atoms with Crippen LogP contribution in [0.4, 0.5) is 11.6 Å². The maximum absolute atomic E-state index is 12.6. The Labute approximate surface area is 141 Å². The van der Waals surface area contributed by atoms with Crippen molar-refractivity contribution >= 4 is 17.5 Å². The number of hydrogen-bond acceptors (Lipinski definition) is 5. The van der Waals surface area contributed by atoms with Crippen molar-refractivity contribution in [2.45, 2.75) is 20.8 Å². The summed E-state index contributed by atoms with van der Waals surface area (Å²) in [6.45, 7) is 8.63. The third-order valence-corrected chi connectivity index (χ3v) is 4.01. The summed E-state index contributed by atoms with van der Waals surface area (Å²) in [5.41, 5.74) is 4.09. The lowest BCUT2D eigenvalue weighted by atomic mass is 10.1. The monoisotopic (exact) mass is 326 g/mol. The van der Waals surface area contributed by atoms with E-state index in [0.717, 1.165) is 35.6 Å². The first-order valence-electron chi connectivity index (χ1n) is 8.10. The molecule has 2 aromatic rings. The molecule has 0 spiro atoms. The molecule has 1 N–H and O–H groups in total. The molecule has 1 fully saturated rings. The second-order valence-corrected chi connectivity index (χ2v) is 6.07. The Morgan fingerprint density at radius 2 is 1.88 bits per heavy atom. The number of hydrogen-bond donors (Lipinski definition) is 1. The molecular formula is C18H22N4O2. The summed E-state index contributed by atoms with van der Waals surface area (Å²) in [5, 5.41) is 2.95. The summed E-state index contributed by atoms with van der Waals surface area (Å²) in [5.74, 6) is 0.369. The van der Waals surface area contributed by atoms with Gasteiger partial charge >= 0.3 is 0 Å². The molecule has 0 atom stereocenters. The number of nitrogens with zero attached hydrogens (tertiary/aromatic N) is 3. The number of rotatable bonds is 3.